The Morgan fingerprint density at radius 3 is 0.804 bits per heavy atom. The van der Waals surface area contributed by atoms with E-state index in [0.29, 0.717) is 38.5 Å². The zero-order chi connectivity index (χ0) is 74.6. The molecule has 586 valence electrons. The van der Waals surface area contributed by atoms with Crippen molar-refractivity contribution in [3.8, 4) is 0 Å². The van der Waals surface area contributed by atoms with E-state index < -0.39 is 97.5 Å². The second-order valence-corrected chi connectivity index (χ2v) is 29.2. The van der Waals surface area contributed by atoms with Crippen LogP contribution < -0.4 is 0 Å². The molecule has 0 radical (unpaired) electrons. The molecular weight excluding hydrogens is 1330 g/mol. The quantitative estimate of drug-likeness (QED) is 0.0169. The molecule has 17 nitrogen and oxygen atoms in total. The Hall–Kier alpha value is -4.54. The summed E-state index contributed by atoms with van der Waals surface area (Å²) in [6.45, 7) is 4.67. The van der Waals surface area contributed by atoms with E-state index in [2.05, 4.69) is 125 Å². The van der Waals surface area contributed by atoms with Gasteiger partial charge >= 0.3 is 39.5 Å². The fraction of sp³-hybridized carbons (Fsp3) is 0.711. The molecule has 0 fully saturated rings. The Kier molecular flexibility index (Phi) is 71.4. The molecule has 0 rings (SSSR count). The lowest BCUT2D eigenvalue weighted by Gasteiger charge is -2.21. The Morgan fingerprint density at radius 1 is 0.275 bits per heavy atom. The number of aliphatic hydroxyl groups excluding tert-OH is 1. The number of esters is 4. The molecule has 0 amide bonds. The molecule has 0 saturated carbocycles. The predicted molar refractivity (Wildman–Crippen MR) is 418 cm³/mol. The van der Waals surface area contributed by atoms with Gasteiger partial charge in [0.25, 0.3) is 0 Å². The van der Waals surface area contributed by atoms with Crippen LogP contribution in [0.3, 0.4) is 0 Å². The Morgan fingerprint density at radius 2 is 0.490 bits per heavy atom. The van der Waals surface area contributed by atoms with Gasteiger partial charge in [0, 0.05) is 25.7 Å². The molecule has 102 heavy (non-hydrogen) atoms. The highest BCUT2D eigenvalue weighted by Gasteiger charge is 2.30. The number of hydrogen-bond acceptors (Lipinski definition) is 15. The first-order chi connectivity index (χ1) is 49.7. The summed E-state index contributed by atoms with van der Waals surface area (Å²) < 4.78 is 68.4. The standard InChI is InChI=1S/C83H142O17P2/c1-5-9-13-17-21-25-29-33-36-38-41-45-48-52-56-60-64-68-81(86)94-74-79(100-83(88)70-66-62-58-54-50-46-42-39-37-34-30-26-22-18-14-10-6-2)76-98-102(91,92)96-72-77(84)71-95-101(89,90)97-75-78(99-82(87)69-65-61-57-53-49-43-32-28-24-20-16-12-8-4)73-93-80(85)67-63-59-55-51-47-44-40-35-31-27-23-19-15-11-7-3/h21-23,25-27,33-37,40-42,45-46,52,54,56,58,77-79,84H,5-20,24,28-32,38-39,43-44,47-51,53,55,57,59-76H2,1-4H3,(H,89,90)(H,91,92)/b25-21-,26-22-,27-23-,36-33-,37-34-,40-35-,45-41-,46-42-,56-52-,58-54-/t77-,78+,79+/m0/s1. The van der Waals surface area contributed by atoms with Gasteiger partial charge in [0.05, 0.1) is 26.4 Å². The molecule has 0 aromatic heterocycles. The summed E-state index contributed by atoms with van der Waals surface area (Å²) in [7, 11) is -9.99. The Bertz CT molecular complexity index is 2410. The van der Waals surface area contributed by atoms with Crippen molar-refractivity contribution in [2.75, 3.05) is 39.6 Å². The van der Waals surface area contributed by atoms with Crippen molar-refractivity contribution in [1.29, 1.82) is 0 Å². The molecule has 0 saturated heterocycles. The number of phosphoric ester groups is 2. The SMILES string of the molecule is CCCCC/C=C\C/C=C\C/C=C\C/C=C\CCCC(=O)OC[C@H](COP(=O)(O)OC[C@@H](O)COP(=O)(O)OC[C@@H](COC(=O)CCCCCCC/C=C\C/C=C\CCCCC)OC(=O)CCCCCCCCCCCCCCC)OC(=O)CCC/C=C\C/C=C\C/C=C\C/C=C\CCCCC. The maximum Gasteiger partial charge on any atom is 0.472 e. The number of allylic oxidation sites excluding steroid dienone is 20. The van der Waals surface area contributed by atoms with Gasteiger partial charge in [-0.05, 0) is 135 Å². The van der Waals surface area contributed by atoms with E-state index >= 15 is 0 Å². The number of phosphoric acid groups is 2. The maximum atomic E-state index is 13.1. The van der Waals surface area contributed by atoms with Crippen LogP contribution in [0, 0.1) is 0 Å². The van der Waals surface area contributed by atoms with Gasteiger partial charge in [-0.1, -0.05) is 284 Å². The van der Waals surface area contributed by atoms with Crippen LogP contribution in [0.4, 0.5) is 0 Å². The van der Waals surface area contributed by atoms with Crippen molar-refractivity contribution in [2.24, 2.45) is 0 Å². The lowest BCUT2D eigenvalue weighted by atomic mass is 10.0. The fourth-order valence-electron chi connectivity index (χ4n) is 10.3. The first-order valence-electron chi connectivity index (χ1n) is 39.8. The van der Waals surface area contributed by atoms with Crippen LogP contribution in [0.5, 0.6) is 0 Å². The summed E-state index contributed by atoms with van der Waals surface area (Å²) in [5.74, 6) is -2.31. The fourth-order valence-corrected chi connectivity index (χ4v) is 11.9. The second-order valence-electron chi connectivity index (χ2n) is 26.3. The summed E-state index contributed by atoms with van der Waals surface area (Å²) in [6.07, 6.45) is 81.9. The van der Waals surface area contributed by atoms with E-state index in [1.807, 2.05) is 24.3 Å². The molecule has 0 aromatic carbocycles. The minimum Gasteiger partial charge on any atom is -0.462 e. The maximum absolute atomic E-state index is 13.1. The van der Waals surface area contributed by atoms with Crippen LogP contribution in [-0.4, -0.2) is 96.7 Å². The van der Waals surface area contributed by atoms with Crippen LogP contribution in [0.1, 0.15) is 323 Å². The second kappa shape index (κ2) is 74.7. The molecule has 3 N–H and O–H groups in total. The summed E-state index contributed by atoms with van der Waals surface area (Å²) in [4.78, 5) is 72.9. The molecular formula is C83H142O17P2. The molecule has 0 aromatic rings. The van der Waals surface area contributed by atoms with Gasteiger partial charge in [0.1, 0.15) is 19.3 Å². The van der Waals surface area contributed by atoms with Gasteiger partial charge in [-0.25, -0.2) is 9.13 Å². The van der Waals surface area contributed by atoms with E-state index in [4.69, 9.17) is 37.0 Å². The average molecular weight is 1470 g/mol. The highest BCUT2D eigenvalue weighted by atomic mass is 31.2. The van der Waals surface area contributed by atoms with Gasteiger partial charge in [-0.15, -0.1) is 0 Å². The molecule has 0 aliphatic rings. The van der Waals surface area contributed by atoms with Crippen LogP contribution in [0.25, 0.3) is 0 Å². The van der Waals surface area contributed by atoms with Gasteiger partial charge in [-0.3, -0.25) is 37.3 Å². The molecule has 5 atom stereocenters. The topological polar surface area (TPSA) is 237 Å². The third-order valence-electron chi connectivity index (χ3n) is 16.4. The minimum atomic E-state index is -5.00. The predicted octanol–water partition coefficient (Wildman–Crippen LogP) is 23.1. The zero-order valence-corrected chi connectivity index (χ0v) is 65.8. The van der Waals surface area contributed by atoms with Crippen molar-refractivity contribution in [1.82, 2.24) is 0 Å². The van der Waals surface area contributed by atoms with Crippen molar-refractivity contribution < 1.29 is 80.2 Å². The van der Waals surface area contributed by atoms with Gasteiger partial charge < -0.3 is 33.8 Å². The van der Waals surface area contributed by atoms with Gasteiger partial charge in [0.2, 0.25) is 0 Å². The van der Waals surface area contributed by atoms with Crippen LogP contribution in [0.2, 0.25) is 0 Å². The number of carbonyl (C=O) groups excluding carboxylic acids is 4. The number of unbranched alkanes of at least 4 members (excludes halogenated alkanes) is 28. The first-order valence-corrected chi connectivity index (χ1v) is 42.8. The summed E-state index contributed by atoms with van der Waals surface area (Å²) in [5.41, 5.74) is 0. The van der Waals surface area contributed by atoms with Crippen molar-refractivity contribution in [2.45, 2.75) is 341 Å². The average Bonchev–Trinajstić information content (AvgIpc) is 0.959. The summed E-state index contributed by atoms with van der Waals surface area (Å²) >= 11 is 0. The summed E-state index contributed by atoms with van der Waals surface area (Å²) in [6, 6.07) is 0. The van der Waals surface area contributed by atoms with Gasteiger partial charge in [-0.2, -0.15) is 0 Å². The normalized spacial score (nSPS) is 14.5. The minimum absolute atomic E-state index is 0.00540. The molecule has 0 aliphatic heterocycles. The molecule has 0 heterocycles. The van der Waals surface area contributed by atoms with Crippen LogP contribution in [0.15, 0.2) is 122 Å². The van der Waals surface area contributed by atoms with E-state index in [1.165, 1.54) is 109 Å². The van der Waals surface area contributed by atoms with E-state index in [1.54, 1.807) is 0 Å². The van der Waals surface area contributed by atoms with E-state index in [9.17, 15) is 43.2 Å². The number of rotatable bonds is 74. The first kappa shape index (κ1) is 97.5. The van der Waals surface area contributed by atoms with E-state index in [0.717, 1.165) is 122 Å². The van der Waals surface area contributed by atoms with E-state index in [-0.39, 0.29) is 25.7 Å². The third kappa shape index (κ3) is 73.8. The van der Waals surface area contributed by atoms with Crippen molar-refractivity contribution in [3.05, 3.63) is 122 Å². The highest BCUT2D eigenvalue weighted by molar-refractivity contribution is 7.47. The van der Waals surface area contributed by atoms with Crippen LogP contribution >= 0.6 is 15.6 Å². The Balaban J connectivity index is 5.46. The smallest absolute Gasteiger partial charge is 0.462 e. The summed E-state index contributed by atoms with van der Waals surface area (Å²) in [5, 5.41) is 10.6. The third-order valence-corrected chi connectivity index (χ3v) is 18.3. The number of carbonyl (C=O) groups is 4. The molecule has 19 heteroatoms. The van der Waals surface area contributed by atoms with Crippen molar-refractivity contribution >= 4 is 39.5 Å². The van der Waals surface area contributed by atoms with Crippen LogP contribution in [-0.2, 0) is 65.4 Å². The number of hydrogen-bond donors (Lipinski definition) is 3. The monoisotopic (exact) mass is 1470 g/mol. The van der Waals surface area contributed by atoms with Gasteiger partial charge in [0.15, 0.2) is 12.2 Å². The lowest BCUT2D eigenvalue weighted by molar-refractivity contribution is -0.161. The largest absolute Gasteiger partial charge is 0.472 e. The molecule has 0 spiro atoms. The molecule has 0 bridgehead atoms. The zero-order valence-electron chi connectivity index (χ0n) is 64.0. The molecule has 0 aliphatic carbocycles. The van der Waals surface area contributed by atoms with Crippen molar-refractivity contribution in [3.63, 3.8) is 0 Å². The highest BCUT2D eigenvalue weighted by Crippen LogP contribution is 2.45. The molecule has 2 unspecified atom stereocenters. The number of ether oxygens (including phenoxy) is 4. The Labute approximate surface area is 619 Å². The number of aliphatic hydroxyl groups is 1. The lowest BCUT2D eigenvalue weighted by Crippen LogP contribution is -2.30.